The van der Waals surface area contributed by atoms with Crippen LogP contribution in [0.25, 0.3) is 0 Å². The quantitative estimate of drug-likeness (QED) is 0.409. The van der Waals surface area contributed by atoms with Crippen LogP contribution in [-0.4, -0.2) is 47.2 Å². The van der Waals surface area contributed by atoms with Crippen LogP contribution >= 0.6 is 11.6 Å². The number of ether oxygens (including phenoxy) is 2. The van der Waals surface area contributed by atoms with E-state index in [0.29, 0.717) is 11.6 Å². The first-order chi connectivity index (χ1) is 14.9. The van der Waals surface area contributed by atoms with Gasteiger partial charge in [0.15, 0.2) is 17.2 Å². The fourth-order valence-corrected chi connectivity index (χ4v) is 2.96. The third-order valence-electron chi connectivity index (χ3n) is 4.29. The molecule has 160 valence electrons. The zero-order chi connectivity index (χ0) is 22.4. The van der Waals surface area contributed by atoms with Crippen molar-refractivity contribution in [2.45, 2.75) is 6.54 Å². The molecule has 2 aromatic carbocycles. The number of carboxylic acid groups (broad SMARTS) is 1. The van der Waals surface area contributed by atoms with Crippen LogP contribution in [0.5, 0.6) is 11.5 Å². The van der Waals surface area contributed by atoms with Crippen LogP contribution in [0.2, 0.25) is 5.02 Å². The van der Waals surface area contributed by atoms with E-state index >= 15 is 0 Å². The second-order valence-electron chi connectivity index (χ2n) is 6.29. The van der Waals surface area contributed by atoms with Crippen LogP contribution in [0.4, 0.5) is 0 Å². The third kappa shape index (κ3) is 5.20. The Kier molecular flexibility index (Phi) is 6.88. The molecule has 0 saturated carbocycles. The molecule has 0 aliphatic rings. The normalized spacial score (nSPS) is 10.8. The Morgan fingerprint density at radius 1 is 1.16 bits per heavy atom. The number of carboxylic acids is 1. The summed E-state index contributed by atoms with van der Waals surface area (Å²) < 4.78 is 11.9. The predicted molar refractivity (Wildman–Crippen MR) is 114 cm³/mol. The predicted octanol–water partition coefficient (Wildman–Crippen LogP) is 3.06. The van der Waals surface area contributed by atoms with Crippen LogP contribution in [0.1, 0.15) is 32.0 Å². The number of hydrogen-bond acceptors (Lipinski definition) is 6. The van der Waals surface area contributed by atoms with E-state index in [-0.39, 0.29) is 28.3 Å². The number of aromatic nitrogens is 2. The Labute approximate surface area is 182 Å². The van der Waals surface area contributed by atoms with Gasteiger partial charge in [-0.15, -0.1) is 0 Å². The van der Waals surface area contributed by atoms with Crippen molar-refractivity contribution in [1.29, 1.82) is 0 Å². The molecule has 0 bridgehead atoms. The number of carbonyl (C=O) groups excluding carboxylic acids is 1. The van der Waals surface area contributed by atoms with Gasteiger partial charge < -0.3 is 14.6 Å². The number of hydrazone groups is 1. The third-order valence-corrected chi connectivity index (χ3v) is 4.54. The Bertz CT molecular complexity index is 1130. The number of methoxy groups -OCH3 is 2. The molecule has 0 unspecified atom stereocenters. The van der Waals surface area contributed by atoms with Gasteiger partial charge in [0, 0.05) is 16.8 Å². The lowest BCUT2D eigenvalue weighted by atomic mass is 10.1. The molecule has 0 spiro atoms. The molecule has 10 heteroatoms. The molecule has 0 radical (unpaired) electrons. The van der Waals surface area contributed by atoms with Crippen LogP contribution in [0, 0.1) is 0 Å². The number of carbonyl (C=O) groups is 2. The van der Waals surface area contributed by atoms with Gasteiger partial charge >= 0.3 is 5.97 Å². The summed E-state index contributed by atoms with van der Waals surface area (Å²) in [5, 5.41) is 18.2. The molecule has 0 atom stereocenters. The van der Waals surface area contributed by atoms with Crippen molar-refractivity contribution in [3.8, 4) is 11.5 Å². The van der Waals surface area contributed by atoms with Crippen molar-refractivity contribution in [3.05, 3.63) is 76.1 Å². The van der Waals surface area contributed by atoms with Crippen LogP contribution < -0.4 is 14.9 Å². The minimum absolute atomic E-state index is 0.0613. The van der Waals surface area contributed by atoms with Gasteiger partial charge in [0.05, 0.1) is 27.0 Å². The van der Waals surface area contributed by atoms with Crippen LogP contribution in [0.3, 0.4) is 0 Å². The van der Waals surface area contributed by atoms with Gasteiger partial charge in [-0.25, -0.2) is 10.2 Å². The van der Waals surface area contributed by atoms with E-state index in [0.717, 1.165) is 5.56 Å². The van der Waals surface area contributed by atoms with Gasteiger partial charge in [0.2, 0.25) is 0 Å². The smallest absolute Gasteiger partial charge is 0.340 e. The summed E-state index contributed by atoms with van der Waals surface area (Å²) in [6.45, 7) is 0.474. The summed E-state index contributed by atoms with van der Waals surface area (Å²) in [6.07, 6.45) is 2.89. The lowest BCUT2D eigenvalue weighted by molar-refractivity contribution is 0.0692. The van der Waals surface area contributed by atoms with E-state index in [9.17, 15) is 14.7 Å². The van der Waals surface area contributed by atoms with Gasteiger partial charge in [-0.1, -0.05) is 23.7 Å². The highest BCUT2D eigenvalue weighted by atomic mass is 35.5. The van der Waals surface area contributed by atoms with Crippen molar-refractivity contribution in [3.63, 3.8) is 0 Å². The molecular weight excluding hydrogens is 424 g/mol. The molecule has 3 aromatic rings. The average molecular weight is 443 g/mol. The summed E-state index contributed by atoms with van der Waals surface area (Å²) in [6, 6.07) is 11.9. The number of nitrogens with one attached hydrogen (secondary N) is 1. The summed E-state index contributed by atoms with van der Waals surface area (Å²) in [4.78, 5) is 24.0. The first-order valence-electron chi connectivity index (χ1n) is 9.02. The molecule has 0 aliphatic heterocycles. The summed E-state index contributed by atoms with van der Waals surface area (Å²) >= 11 is 5.88. The second kappa shape index (κ2) is 9.77. The molecule has 1 aromatic heterocycles. The number of rotatable bonds is 8. The number of hydrogen-bond donors (Lipinski definition) is 2. The van der Waals surface area contributed by atoms with E-state index in [2.05, 4.69) is 15.6 Å². The first-order valence-corrected chi connectivity index (χ1v) is 9.40. The van der Waals surface area contributed by atoms with Crippen molar-refractivity contribution in [1.82, 2.24) is 15.2 Å². The van der Waals surface area contributed by atoms with Crippen LogP contribution in [0.15, 0.2) is 53.8 Å². The standard InChI is InChI=1S/C21H19ClN4O5/c1-30-17-8-5-14(18(21(28)29)19(17)31-2)11-23-24-20(27)16-9-10-26(25-16)12-13-3-6-15(22)7-4-13/h3-11H,12H2,1-2H3,(H,24,27)(H,28,29)/b23-11+. The van der Waals surface area contributed by atoms with Crippen molar-refractivity contribution in [2.75, 3.05) is 14.2 Å². The second-order valence-corrected chi connectivity index (χ2v) is 6.73. The molecule has 0 saturated heterocycles. The van der Waals surface area contributed by atoms with Crippen molar-refractivity contribution >= 4 is 29.7 Å². The first kappa shape index (κ1) is 21.8. The largest absolute Gasteiger partial charge is 0.493 e. The van der Waals surface area contributed by atoms with Gasteiger partial charge in [0.1, 0.15) is 5.56 Å². The Balaban J connectivity index is 1.70. The molecule has 3 rings (SSSR count). The van der Waals surface area contributed by atoms with E-state index in [1.165, 1.54) is 26.5 Å². The van der Waals surface area contributed by atoms with E-state index < -0.39 is 11.9 Å². The fraction of sp³-hybridized carbons (Fsp3) is 0.143. The molecule has 31 heavy (non-hydrogen) atoms. The molecule has 1 heterocycles. The van der Waals surface area contributed by atoms with Crippen molar-refractivity contribution < 1.29 is 24.2 Å². The minimum atomic E-state index is -1.22. The number of nitrogens with zero attached hydrogens (tertiary/aromatic N) is 3. The SMILES string of the molecule is COc1ccc(/C=N/NC(=O)c2ccn(Cc3ccc(Cl)cc3)n2)c(C(=O)O)c1OC. The maximum absolute atomic E-state index is 12.3. The van der Waals surface area contributed by atoms with E-state index in [1.807, 2.05) is 12.1 Å². The summed E-state index contributed by atoms with van der Waals surface area (Å²) in [7, 11) is 2.75. The molecule has 2 N–H and O–H groups in total. The number of halogens is 1. The molecule has 9 nitrogen and oxygen atoms in total. The lowest BCUT2D eigenvalue weighted by Gasteiger charge is -2.12. The highest BCUT2D eigenvalue weighted by molar-refractivity contribution is 6.30. The average Bonchev–Trinajstić information content (AvgIpc) is 3.23. The lowest BCUT2D eigenvalue weighted by Crippen LogP contribution is -2.19. The number of benzene rings is 2. The van der Waals surface area contributed by atoms with E-state index in [4.69, 9.17) is 21.1 Å². The van der Waals surface area contributed by atoms with E-state index in [1.54, 1.807) is 35.1 Å². The summed E-state index contributed by atoms with van der Waals surface area (Å²) in [5.41, 5.74) is 3.58. The summed E-state index contributed by atoms with van der Waals surface area (Å²) in [5.74, 6) is -1.42. The van der Waals surface area contributed by atoms with Gasteiger partial charge in [0.25, 0.3) is 5.91 Å². The topological polar surface area (TPSA) is 115 Å². The maximum atomic E-state index is 12.3. The highest BCUT2D eigenvalue weighted by Crippen LogP contribution is 2.32. The fourth-order valence-electron chi connectivity index (χ4n) is 2.84. The Morgan fingerprint density at radius 3 is 2.55 bits per heavy atom. The van der Waals surface area contributed by atoms with Crippen molar-refractivity contribution in [2.24, 2.45) is 5.10 Å². The minimum Gasteiger partial charge on any atom is -0.493 e. The zero-order valence-electron chi connectivity index (χ0n) is 16.7. The number of aromatic carboxylic acids is 1. The maximum Gasteiger partial charge on any atom is 0.340 e. The molecular formula is C21H19ClN4O5. The monoisotopic (exact) mass is 442 g/mol. The Hall–Kier alpha value is -3.85. The number of amides is 1. The van der Waals surface area contributed by atoms with Crippen LogP contribution in [-0.2, 0) is 6.54 Å². The molecule has 1 amide bonds. The van der Waals surface area contributed by atoms with Gasteiger partial charge in [-0.05, 0) is 35.9 Å². The molecule has 0 fully saturated rings. The molecule has 0 aliphatic carbocycles. The highest BCUT2D eigenvalue weighted by Gasteiger charge is 2.20. The zero-order valence-corrected chi connectivity index (χ0v) is 17.5. The van der Waals surface area contributed by atoms with Gasteiger partial charge in [-0.2, -0.15) is 10.2 Å². The Morgan fingerprint density at radius 2 is 1.90 bits per heavy atom. The van der Waals surface area contributed by atoms with Gasteiger partial charge in [-0.3, -0.25) is 9.48 Å².